The standard InChI is InChI=1S/C41H34F4N4O4/c1-26(41(43,44)45)49-37(47-40(29-12-6-3-7-13-29,30-14-8-4-9-15-30)31-16-10-5-11-17-31)35(39(51)52)36(48-49)28-20-18-27(19-21-28)25-46-38(50)33-24-32(42)22-23-34(33)53-2/h3-24,26,47H,25H2,1-2H3,(H,46,50)(H,51,52)/t26-/m0/s1. The van der Waals surface area contributed by atoms with Crippen LogP contribution < -0.4 is 15.4 Å². The number of carboxylic acid groups (broad SMARTS) is 1. The van der Waals surface area contributed by atoms with Gasteiger partial charge in [-0.1, -0.05) is 115 Å². The van der Waals surface area contributed by atoms with Crippen molar-refractivity contribution in [3.05, 3.63) is 173 Å². The molecule has 12 heteroatoms. The smallest absolute Gasteiger partial charge is 0.410 e. The van der Waals surface area contributed by atoms with Crippen molar-refractivity contribution in [2.75, 3.05) is 12.4 Å². The van der Waals surface area contributed by atoms with Gasteiger partial charge >= 0.3 is 12.1 Å². The molecule has 5 aromatic carbocycles. The molecule has 0 aliphatic heterocycles. The van der Waals surface area contributed by atoms with E-state index in [9.17, 15) is 32.3 Å². The van der Waals surface area contributed by atoms with Crippen LogP contribution in [0, 0.1) is 5.82 Å². The van der Waals surface area contributed by atoms with E-state index in [1.165, 1.54) is 31.4 Å². The predicted molar refractivity (Wildman–Crippen MR) is 192 cm³/mol. The second-order valence-corrected chi connectivity index (χ2v) is 12.2. The number of aromatic nitrogens is 2. The van der Waals surface area contributed by atoms with Gasteiger partial charge in [-0.15, -0.1) is 0 Å². The predicted octanol–water partition coefficient (Wildman–Crippen LogP) is 8.85. The summed E-state index contributed by atoms with van der Waals surface area (Å²) in [5.41, 5.74) is 0.696. The monoisotopic (exact) mass is 722 g/mol. The minimum Gasteiger partial charge on any atom is -0.496 e. The molecule has 0 unspecified atom stereocenters. The zero-order valence-corrected chi connectivity index (χ0v) is 28.6. The fraction of sp³-hybridized carbons (Fsp3) is 0.146. The SMILES string of the molecule is COc1ccc(F)cc1C(=O)NCc1ccc(-c2nn([C@@H](C)C(F)(F)F)c(NC(c3ccccc3)(c3ccccc3)c3ccccc3)c2C(=O)O)cc1. The number of rotatable bonds is 12. The molecule has 1 aromatic heterocycles. The number of aromatic carboxylic acids is 1. The summed E-state index contributed by atoms with van der Waals surface area (Å²) in [6.45, 7) is 0.923. The zero-order chi connectivity index (χ0) is 37.8. The Morgan fingerprint density at radius 1 is 0.811 bits per heavy atom. The number of anilines is 1. The van der Waals surface area contributed by atoms with Gasteiger partial charge in [0.1, 0.15) is 40.2 Å². The zero-order valence-electron chi connectivity index (χ0n) is 28.6. The number of carbonyl (C=O) groups is 2. The van der Waals surface area contributed by atoms with Crippen LogP contribution in [0.25, 0.3) is 11.3 Å². The van der Waals surface area contributed by atoms with Gasteiger partial charge in [-0.3, -0.25) is 4.79 Å². The van der Waals surface area contributed by atoms with E-state index in [0.29, 0.717) is 26.9 Å². The van der Waals surface area contributed by atoms with Crippen molar-refractivity contribution in [1.82, 2.24) is 15.1 Å². The van der Waals surface area contributed by atoms with E-state index < -0.39 is 41.0 Å². The van der Waals surface area contributed by atoms with Gasteiger partial charge < -0.3 is 20.5 Å². The molecule has 0 bridgehead atoms. The molecule has 1 heterocycles. The van der Waals surface area contributed by atoms with Crippen molar-refractivity contribution < 1.29 is 37.0 Å². The lowest BCUT2D eigenvalue weighted by Gasteiger charge is -2.38. The number of hydrogen-bond acceptors (Lipinski definition) is 5. The maximum Gasteiger partial charge on any atom is 0.410 e. The van der Waals surface area contributed by atoms with E-state index in [-0.39, 0.29) is 34.9 Å². The number of ether oxygens (including phenoxy) is 1. The molecular formula is C41H34F4N4O4. The Balaban J connectivity index is 1.47. The van der Waals surface area contributed by atoms with Crippen molar-refractivity contribution >= 4 is 17.7 Å². The lowest BCUT2D eigenvalue weighted by Crippen LogP contribution is -2.40. The van der Waals surface area contributed by atoms with Crippen molar-refractivity contribution in [1.29, 1.82) is 0 Å². The van der Waals surface area contributed by atoms with Crippen molar-refractivity contribution in [3.63, 3.8) is 0 Å². The number of alkyl halides is 3. The summed E-state index contributed by atoms with van der Waals surface area (Å²) in [7, 11) is 1.36. The molecule has 6 rings (SSSR count). The second kappa shape index (κ2) is 15.0. The topological polar surface area (TPSA) is 105 Å². The first-order valence-electron chi connectivity index (χ1n) is 16.5. The number of nitrogens with zero attached hydrogens (tertiary/aromatic N) is 2. The number of methoxy groups -OCH3 is 1. The number of carboxylic acids is 1. The van der Waals surface area contributed by atoms with E-state index in [0.717, 1.165) is 13.0 Å². The quantitative estimate of drug-likeness (QED) is 0.0862. The molecule has 0 aliphatic carbocycles. The molecule has 270 valence electrons. The molecule has 0 saturated carbocycles. The van der Waals surface area contributed by atoms with Crippen LogP contribution in [-0.2, 0) is 12.1 Å². The normalized spacial score (nSPS) is 12.2. The number of carbonyl (C=O) groups excluding carboxylic acids is 1. The summed E-state index contributed by atoms with van der Waals surface area (Å²) in [4.78, 5) is 26.0. The molecule has 6 aromatic rings. The highest BCUT2D eigenvalue weighted by Gasteiger charge is 2.44. The minimum atomic E-state index is -4.79. The lowest BCUT2D eigenvalue weighted by atomic mass is 9.77. The highest BCUT2D eigenvalue weighted by molar-refractivity contribution is 6.01. The molecule has 8 nitrogen and oxygen atoms in total. The minimum absolute atomic E-state index is 0.00263. The van der Waals surface area contributed by atoms with Crippen LogP contribution >= 0.6 is 0 Å². The van der Waals surface area contributed by atoms with Crippen LogP contribution in [0.1, 0.15) is 55.9 Å². The second-order valence-electron chi connectivity index (χ2n) is 12.2. The summed E-state index contributed by atoms with van der Waals surface area (Å²) in [5, 5.41) is 21.1. The first-order valence-corrected chi connectivity index (χ1v) is 16.5. The fourth-order valence-corrected chi connectivity index (χ4v) is 6.25. The van der Waals surface area contributed by atoms with E-state index in [2.05, 4.69) is 15.7 Å². The largest absolute Gasteiger partial charge is 0.496 e. The van der Waals surface area contributed by atoms with Gasteiger partial charge in [0, 0.05) is 12.1 Å². The van der Waals surface area contributed by atoms with Gasteiger partial charge in [-0.25, -0.2) is 13.9 Å². The van der Waals surface area contributed by atoms with Crippen LogP contribution in [0.3, 0.4) is 0 Å². The molecule has 0 spiro atoms. The fourth-order valence-electron chi connectivity index (χ4n) is 6.25. The molecule has 3 N–H and O–H groups in total. The Kier molecular flexibility index (Phi) is 10.3. The number of hydrogen-bond donors (Lipinski definition) is 3. The Labute approximate surface area is 302 Å². The van der Waals surface area contributed by atoms with Crippen molar-refractivity contribution in [2.24, 2.45) is 0 Å². The third kappa shape index (κ3) is 7.34. The van der Waals surface area contributed by atoms with Gasteiger partial charge in [0.25, 0.3) is 5.91 Å². The Morgan fingerprint density at radius 3 is 1.81 bits per heavy atom. The highest BCUT2D eigenvalue weighted by atomic mass is 19.4. The first kappa shape index (κ1) is 36.4. The maximum atomic E-state index is 14.6. The summed E-state index contributed by atoms with van der Waals surface area (Å²) in [5.74, 6) is -2.87. The van der Waals surface area contributed by atoms with Crippen molar-refractivity contribution in [2.45, 2.75) is 31.2 Å². The third-order valence-electron chi connectivity index (χ3n) is 8.98. The van der Waals surface area contributed by atoms with Crippen LogP contribution in [0.5, 0.6) is 5.75 Å². The average Bonchev–Trinajstić information content (AvgIpc) is 3.55. The van der Waals surface area contributed by atoms with Crippen LogP contribution in [0.4, 0.5) is 23.4 Å². The molecule has 53 heavy (non-hydrogen) atoms. The van der Waals surface area contributed by atoms with E-state index >= 15 is 0 Å². The van der Waals surface area contributed by atoms with Gasteiger partial charge in [0.05, 0.1) is 12.7 Å². The first-order chi connectivity index (χ1) is 25.4. The molecular weight excluding hydrogens is 688 g/mol. The highest BCUT2D eigenvalue weighted by Crippen LogP contribution is 2.44. The molecule has 1 atom stereocenters. The summed E-state index contributed by atoms with van der Waals surface area (Å²) < 4.78 is 63.4. The number of nitrogens with one attached hydrogen (secondary N) is 2. The van der Waals surface area contributed by atoms with Crippen LogP contribution in [0.15, 0.2) is 133 Å². The van der Waals surface area contributed by atoms with Gasteiger partial charge in [0.15, 0.2) is 0 Å². The molecule has 1 amide bonds. The van der Waals surface area contributed by atoms with Crippen LogP contribution in [0.2, 0.25) is 0 Å². The van der Waals surface area contributed by atoms with Gasteiger partial charge in [-0.05, 0) is 47.4 Å². The van der Waals surface area contributed by atoms with E-state index in [1.54, 1.807) is 48.5 Å². The maximum absolute atomic E-state index is 14.6. The summed E-state index contributed by atoms with van der Waals surface area (Å²) in [6, 6.07) is 34.7. The molecule has 0 radical (unpaired) electrons. The summed E-state index contributed by atoms with van der Waals surface area (Å²) >= 11 is 0. The van der Waals surface area contributed by atoms with Gasteiger partial charge in [-0.2, -0.15) is 18.3 Å². The molecule has 0 aliphatic rings. The van der Waals surface area contributed by atoms with Crippen LogP contribution in [-0.4, -0.2) is 40.0 Å². The number of amides is 1. The molecule has 0 saturated heterocycles. The Bertz CT molecular complexity index is 2110. The lowest BCUT2D eigenvalue weighted by molar-refractivity contribution is -0.164. The Hall–Kier alpha value is -6.43. The van der Waals surface area contributed by atoms with E-state index in [4.69, 9.17) is 4.74 Å². The number of benzene rings is 5. The third-order valence-corrected chi connectivity index (χ3v) is 8.98. The number of halogens is 4. The van der Waals surface area contributed by atoms with Crippen molar-refractivity contribution in [3.8, 4) is 17.0 Å². The van der Waals surface area contributed by atoms with Gasteiger partial charge in [0.2, 0.25) is 0 Å². The molecule has 0 fully saturated rings. The summed E-state index contributed by atoms with van der Waals surface area (Å²) in [6.07, 6.45) is -4.79. The average molecular weight is 723 g/mol. The Morgan fingerprint density at radius 2 is 1.34 bits per heavy atom. The van der Waals surface area contributed by atoms with E-state index in [1.807, 2.05) is 54.6 Å².